The summed E-state index contributed by atoms with van der Waals surface area (Å²) in [6.45, 7) is 3.73. The highest BCUT2D eigenvalue weighted by molar-refractivity contribution is 7.22. The molecule has 0 spiro atoms. The predicted octanol–water partition coefficient (Wildman–Crippen LogP) is 4.10. The number of ether oxygens (including phenoxy) is 3. The van der Waals surface area contributed by atoms with Crippen molar-refractivity contribution in [2.45, 2.75) is 6.92 Å². The summed E-state index contributed by atoms with van der Waals surface area (Å²) in [6, 6.07) is 12.9. The highest BCUT2D eigenvalue weighted by Crippen LogP contribution is 2.31. The molecule has 0 aliphatic heterocycles. The second kappa shape index (κ2) is 11.7. The lowest BCUT2D eigenvalue weighted by atomic mass is 10.3. The first-order valence-electron chi connectivity index (χ1n) is 9.75. The lowest BCUT2D eigenvalue weighted by Crippen LogP contribution is -2.39. The summed E-state index contributed by atoms with van der Waals surface area (Å²) >= 11 is 1.48. The largest absolute Gasteiger partial charge is 0.497 e. The van der Waals surface area contributed by atoms with Crippen LogP contribution in [-0.4, -0.2) is 63.3 Å². The number of likely N-dealkylation sites (N-methyl/N-ethyl adjacent to an activating group) is 1. The first kappa shape index (κ1) is 24.7. The van der Waals surface area contributed by atoms with Crippen LogP contribution in [0.4, 0.5) is 5.13 Å². The number of thiazole rings is 1. The fraction of sp³-hybridized carbons (Fsp3) is 0.364. The minimum atomic E-state index is -0.142. The van der Waals surface area contributed by atoms with Crippen LogP contribution in [0.25, 0.3) is 10.2 Å². The third kappa shape index (κ3) is 6.72. The van der Waals surface area contributed by atoms with Crippen molar-refractivity contribution in [3.8, 4) is 17.2 Å². The molecule has 0 aliphatic carbocycles. The summed E-state index contributed by atoms with van der Waals surface area (Å²) in [5.74, 6) is 2.01. The van der Waals surface area contributed by atoms with Gasteiger partial charge < -0.3 is 19.1 Å². The lowest BCUT2D eigenvalue weighted by Gasteiger charge is -2.22. The summed E-state index contributed by atoms with van der Waals surface area (Å²) < 4.78 is 17.4. The number of benzene rings is 2. The van der Waals surface area contributed by atoms with Crippen LogP contribution in [-0.2, 0) is 4.79 Å². The van der Waals surface area contributed by atoms with E-state index in [1.807, 2.05) is 44.1 Å². The van der Waals surface area contributed by atoms with Crippen LogP contribution >= 0.6 is 23.7 Å². The van der Waals surface area contributed by atoms with Crippen molar-refractivity contribution in [3.63, 3.8) is 0 Å². The highest BCUT2D eigenvalue weighted by atomic mass is 35.5. The average Bonchev–Trinajstić information content (AvgIpc) is 3.15. The van der Waals surface area contributed by atoms with E-state index in [9.17, 15) is 4.79 Å². The van der Waals surface area contributed by atoms with Gasteiger partial charge in [0.05, 0.1) is 23.9 Å². The number of carbonyl (C=O) groups is 1. The molecule has 0 saturated carbocycles. The van der Waals surface area contributed by atoms with Crippen molar-refractivity contribution in [2.24, 2.45) is 0 Å². The Balaban J connectivity index is 0.00000341. The Labute approximate surface area is 192 Å². The van der Waals surface area contributed by atoms with Crippen molar-refractivity contribution in [1.29, 1.82) is 0 Å². The van der Waals surface area contributed by atoms with Gasteiger partial charge >= 0.3 is 0 Å². The molecule has 31 heavy (non-hydrogen) atoms. The third-order valence-corrected chi connectivity index (χ3v) is 5.43. The number of nitrogens with zero attached hydrogens (tertiary/aromatic N) is 3. The quantitative estimate of drug-likeness (QED) is 0.449. The average molecular weight is 466 g/mol. The minimum Gasteiger partial charge on any atom is -0.497 e. The van der Waals surface area contributed by atoms with Gasteiger partial charge in [-0.2, -0.15) is 0 Å². The molecule has 0 radical (unpaired) electrons. The molecule has 1 heterocycles. The summed E-state index contributed by atoms with van der Waals surface area (Å²) in [7, 11) is 5.56. The van der Waals surface area contributed by atoms with E-state index in [4.69, 9.17) is 14.2 Å². The van der Waals surface area contributed by atoms with E-state index >= 15 is 0 Å². The Bertz CT molecular complexity index is 979. The summed E-state index contributed by atoms with van der Waals surface area (Å²) in [5.41, 5.74) is 0.845. The van der Waals surface area contributed by atoms with Gasteiger partial charge in [0.2, 0.25) is 0 Å². The van der Waals surface area contributed by atoms with Gasteiger partial charge in [-0.1, -0.05) is 11.3 Å². The van der Waals surface area contributed by atoms with Crippen LogP contribution < -0.4 is 19.1 Å². The van der Waals surface area contributed by atoms with E-state index in [0.29, 0.717) is 30.6 Å². The van der Waals surface area contributed by atoms with Gasteiger partial charge in [-0.05, 0) is 63.5 Å². The number of methoxy groups -OCH3 is 1. The molecule has 0 fully saturated rings. The molecule has 7 nitrogen and oxygen atoms in total. The minimum absolute atomic E-state index is 0. The van der Waals surface area contributed by atoms with Crippen molar-refractivity contribution < 1.29 is 19.0 Å². The van der Waals surface area contributed by atoms with Gasteiger partial charge in [-0.3, -0.25) is 9.69 Å². The molecule has 0 saturated heterocycles. The molecule has 1 aromatic heterocycles. The van der Waals surface area contributed by atoms with Crippen molar-refractivity contribution in [2.75, 3.05) is 52.4 Å². The van der Waals surface area contributed by atoms with Gasteiger partial charge in [0, 0.05) is 13.1 Å². The van der Waals surface area contributed by atoms with Crippen LogP contribution in [0.15, 0.2) is 42.5 Å². The molecule has 0 atom stereocenters. The zero-order valence-electron chi connectivity index (χ0n) is 18.2. The molecule has 3 aromatic rings. The Morgan fingerprint density at radius 3 is 2.32 bits per heavy atom. The van der Waals surface area contributed by atoms with Crippen molar-refractivity contribution in [3.05, 3.63) is 42.5 Å². The molecule has 0 unspecified atom stereocenters. The molecule has 168 valence electrons. The predicted molar refractivity (Wildman–Crippen MR) is 127 cm³/mol. The Hall–Kier alpha value is -2.55. The standard InChI is InChI=1S/C22H27N3O4S.ClH/c1-5-28-18-10-11-19-20(14-18)30-22(23-19)25(13-12-24(2)3)21(26)15-29-17-8-6-16(27-4)7-9-17;/h6-11,14H,5,12-13,15H2,1-4H3;1H. The van der Waals surface area contributed by atoms with E-state index in [1.54, 1.807) is 36.3 Å². The number of halogens is 1. The maximum absolute atomic E-state index is 13.0. The monoisotopic (exact) mass is 465 g/mol. The van der Waals surface area contributed by atoms with Crippen LogP contribution in [0.5, 0.6) is 17.2 Å². The van der Waals surface area contributed by atoms with E-state index < -0.39 is 0 Å². The van der Waals surface area contributed by atoms with E-state index in [0.717, 1.165) is 21.7 Å². The first-order valence-corrected chi connectivity index (χ1v) is 10.6. The Morgan fingerprint density at radius 2 is 1.68 bits per heavy atom. The molecular weight excluding hydrogens is 438 g/mol. The van der Waals surface area contributed by atoms with Gasteiger partial charge in [0.25, 0.3) is 5.91 Å². The molecular formula is C22H28ClN3O4S. The number of amides is 1. The molecule has 2 aromatic carbocycles. The smallest absolute Gasteiger partial charge is 0.266 e. The number of anilines is 1. The van der Waals surface area contributed by atoms with E-state index in [-0.39, 0.29) is 24.9 Å². The number of rotatable bonds is 10. The van der Waals surface area contributed by atoms with Gasteiger partial charge in [0.1, 0.15) is 17.2 Å². The second-order valence-corrected chi connectivity index (χ2v) is 7.88. The lowest BCUT2D eigenvalue weighted by molar-refractivity contribution is -0.120. The molecule has 3 rings (SSSR count). The van der Waals surface area contributed by atoms with Crippen LogP contribution in [0.3, 0.4) is 0 Å². The number of hydrogen-bond acceptors (Lipinski definition) is 7. The van der Waals surface area contributed by atoms with Crippen LogP contribution in [0.1, 0.15) is 6.92 Å². The Kier molecular flexibility index (Phi) is 9.36. The number of carbonyl (C=O) groups excluding carboxylic acids is 1. The van der Waals surface area contributed by atoms with Gasteiger partial charge in [-0.15, -0.1) is 12.4 Å². The highest BCUT2D eigenvalue weighted by Gasteiger charge is 2.21. The zero-order valence-corrected chi connectivity index (χ0v) is 19.8. The number of aromatic nitrogens is 1. The molecule has 0 aliphatic rings. The van der Waals surface area contributed by atoms with Crippen molar-refractivity contribution >= 4 is 45.0 Å². The van der Waals surface area contributed by atoms with E-state index in [2.05, 4.69) is 4.98 Å². The van der Waals surface area contributed by atoms with Crippen LogP contribution in [0, 0.1) is 0 Å². The summed E-state index contributed by atoms with van der Waals surface area (Å²) in [5, 5.41) is 0.656. The van der Waals surface area contributed by atoms with Crippen LogP contribution in [0.2, 0.25) is 0 Å². The summed E-state index contributed by atoms with van der Waals surface area (Å²) in [4.78, 5) is 21.4. The molecule has 0 bridgehead atoms. The maximum atomic E-state index is 13.0. The van der Waals surface area contributed by atoms with Gasteiger partial charge in [0.15, 0.2) is 11.7 Å². The Morgan fingerprint density at radius 1 is 1.00 bits per heavy atom. The SMILES string of the molecule is CCOc1ccc2nc(N(CCN(C)C)C(=O)COc3ccc(OC)cc3)sc2c1.Cl. The van der Waals surface area contributed by atoms with Gasteiger partial charge in [-0.25, -0.2) is 4.98 Å². The molecule has 9 heteroatoms. The topological polar surface area (TPSA) is 64.1 Å². The second-order valence-electron chi connectivity index (χ2n) is 6.87. The maximum Gasteiger partial charge on any atom is 0.266 e. The fourth-order valence-corrected chi connectivity index (χ4v) is 3.82. The summed E-state index contributed by atoms with van der Waals surface area (Å²) in [6.07, 6.45) is 0. The number of hydrogen-bond donors (Lipinski definition) is 0. The normalized spacial score (nSPS) is 10.6. The number of fused-ring (bicyclic) bond motifs is 1. The van der Waals surface area contributed by atoms with E-state index in [1.165, 1.54) is 11.3 Å². The molecule has 0 N–H and O–H groups in total. The fourth-order valence-electron chi connectivity index (χ4n) is 2.79. The third-order valence-electron chi connectivity index (χ3n) is 4.38. The van der Waals surface area contributed by atoms with Crippen molar-refractivity contribution in [1.82, 2.24) is 9.88 Å². The zero-order chi connectivity index (χ0) is 21.5. The first-order chi connectivity index (χ1) is 14.5. The molecule has 1 amide bonds.